The highest BCUT2D eigenvalue weighted by molar-refractivity contribution is 5.90. The van der Waals surface area contributed by atoms with Crippen LogP contribution in [0.2, 0.25) is 0 Å². The fourth-order valence-corrected chi connectivity index (χ4v) is 1.19. The van der Waals surface area contributed by atoms with Gasteiger partial charge in [0, 0.05) is 11.8 Å². The van der Waals surface area contributed by atoms with E-state index in [4.69, 9.17) is 0 Å². The number of rotatable bonds is 1. The number of pyridine rings is 1. The summed E-state index contributed by atoms with van der Waals surface area (Å²) in [6.45, 7) is 0.410. The quantitative estimate of drug-likeness (QED) is 0.610. The highest BCUT2D eigenvalue weighted by Crippen LogP contribution is 2.28. The van der Waals surface area contributed by atoms with Gasteiger partial charge < -0.3 is 4.74 Å². The van der Waals surface area contributed by atoms with Crippen molar-refractivity contribution in [2.45, 2.75) is 6.54 Å². The normalized spacial score (nSPS) is 12.7. The number of aromatic nitrogens is 1. The predicted molar refractivity (Wildman–Crippen MR) is 43.8 cm³/mol. The van der Waals surface area contributed by atoms with E-state index in [2.05, 4.69) is 19.9 Å². The number of carbonyl (C=O) groups excluding carboxylic acids is 1. The monoisotopic (exact) mass is 177 g/mol. The molecule has 66 valence electrons. The molecule has 0 atom stereocenters. The van der Waals surface area contributed by atoms with Crippen molar-refractivity contribution in [1.29, 1.82) is 0 Å². The van der Waals surface area contributed by atoms with E-state index in [1.165, 1.54) is 13.3 Å². The first-order chi connectivity index (χ1) is 6.33. The van der Waals surface area contributed by atoms with Crippen LogP contribution in [0.3, 0.4) is 0 Å². The molecule has 1 aliphatic rings. The maximum absolute atomic E-state index is 11.2. The highest BCUT2D eigenvalue weighted by atomic mass is 16.5. The second-order valence-electron chi connectivity index (χ2n) is 2.55. The molecule has 0 radical (unpaired) electrons. The first-order valence-electron chi connectivity index (χ1n) is 3.76. The number of azo groups is 1. The molecule has 2 heterocycles. The maximum atomic E-state index is 11.2. The van der Waals surface area contributed by atoms with E-state index in [1.54, 1.807) is 6.07 Å². The zero-order chi connectivity index (χ0) is 9.26. The van der Waals surface area contributed by atoms with Gasteiger partial charge in [-0.25, -0.2) is 9.78 Å². The van der Waals surface area contributed by atoms with Gasteiger partial charge in [-0.15, -0.1) is 0 Å². The van der Waals surface area contributed by atoms with Gasteiger partial charge in [0.2, 0.25) is 0 Å². The van der Waals surface area contributed by atoms with E-state index >= 15 is 0 Å². The molecule has 0 unspecified atom stereocenters. The smallest absolute Gasteiger partial charge is 0.357 e. The summed E-state index contributed by atoms with van der Waals surface area (Å²) in [6, 6.07) is 1.72. The number of fused-ring (bicyclic) bond motifs is 1. The fourth-order valence-electron chi connectivity index (χ4n) is 1.19. The third kappa shape index (κ3) is 1.18. The standard InChI is InChI=1S/C8H7N3O2/c1-13-8(12)7-5-4-10-11-6(5)2-3-9-7/h2-3H,4H2,1H3. The molecular formula is C8H7N3O2. The van der Waals surface area contributed by atoms with E-state index in [0.29, 0.717) is 17.9 Å². The number of hydrogen-bond donors (Lipinski definition) is 0. The zero-order valence-corrected chi connectivity index (χ0v) is 7.02. The fraction of sp³-hybridized carbons (Fsp3) is 0.250. The molecule has 0 fully saturated rings. The van der Waals surface area contributed by atoms with Crippen LogP contribution in [0.15, 0.2) is 22.5 Å². The predicted octanol–water partition coefficient (Wildman–Crippen LogP) is 1.47. The molecule has 0 aliphatic carbocycles. The molecule has 0 N–H and O–H groups in total. The number of hydrogen-bond acceptors (Lipinski definition) is 5. The maximum Gasteiger partial charge on any atom is 0.357 e. The molecule has 5 heteroatoms. The topological polar surface area (TPSA) is 63.9 Å². The lowest BCUT2D eigenvalue weighted by atomic mass is 10.1. The summed E-state index contributed by atoms with van der Waals surface area (Å²) < 4.78 is 4.58. The Morgan fingerprint density at radius 2 is 2.46 bits per heavy atom. The van der Waals surface area contributed by atoms with Crippen LogP contribution >= 0.6 is 0 Å². The third-order valence-corrected chi connectivity index (χ3v) is 1.82. The summed E-state index contributed by atoms with van der Waals surface area (Å²) in [5.74, 6) is -0.441. The average molecular weight is 177 g/mol. The van der Waals surface area contributed by atoms with E-state index in [-0.39, 0.29) is 0 Å². The molecule has 0 amide bonds. The van der Waals surface area contributed by atoms with Crippen LogP contribution in [0.4, 0.5) is 5.69 Å². The largest absolute Gasteiger partial charge is 0.464 e. The van der Waals surface area contributed by atoms with Crippen molar-refractivity contribution in [3.8, 4) is 0 Å². The Kier molecular flexibility index (Phi) is 1.77. The SMILES string of the molecule is COC(=O)c1nccc2c1CN=N2. The lowest BCUT2D eigenvalue weighted by molar-refractivity contribution is 0.0593. The van der Waals surface area contributed by atoms with Gasteiger partial charge in [-0.2, -0.15) is 10.2 Å². The van der Waals surface area contributed by atoms with Gasteiger partial charge in [0.1, 0.15) is 0 Å². The van der Waals surface area contributed by atoms with Crippen LogP contribution in [0.5, 0.6) is 0 Å². The Balaban J connectivity index is 2.50. The van der Waals surface area contributed by atoms with Crippen LogP contribution in [0.25, 0.3) is 0 Å². The van der Waals surface area contributed by atoms with Gasteiger partial charge in [-0.1, -0.05) is 0 Å². The number of nitrogens with zero attached hydrogens (tertiary/aromatic N) is 3. The van der Waals surface area contributed by atoms with E-state index < -0.39 is 5.97 Å². The second kappa shape index (κ2) is 2.93. The summed E-state index contributed by atoms with van der Waals surface area (Å²) in [6.07, 6.45) is 1.52. The van der Waals surface area contributed by atoms with Crippen LogP contribution in [0.1, 0.15) is 16.1 Å². The van der Waals surface area contributed by atoms with Gasteiger partial charge >= 0.3 is 5.97 Å². The zero-order valence-electron chi connectivity index (χ0n) is 7.02. The van der Waals surface area contributed by atoms with E-state index in [1.807, 2.05) is 0 Å². The molecule has 1 aromatic heterocycles. The number of carbonyl (C=O) groups is 1. The van der Waals surface area contributed by atoms with Gasteiger partial charge in [0.25, 0.3) is 0 Å². The Morgan fingerprint density at radius 1 is 1.62 bits per heavy atom. The van der Waals surface area contributed by atoms with Crippen molar-refractivity contribution in [2.75, 3.05) is 7.11 Å². The molecule has 0 saturated carbocycles. The van der Waals surface area contributed by atoms with Gasteiger partial charge in [0.15, 0.2) is 5.69 Å². The average Bonchev–Trinajstić information content (AvgIpc) is 2.63. The van der Waals surface area contributed by atoms with Gasteiger partial charge in [-0.05, 0) is 6.07 Å². The summed E-state index contributed by atoms with van der Waals surface area (Å²) in [7, 11) is 1.33. The van der Waals surface area contributed by atoms with Crippen LogP contribution in [-0.2, 0) is 11.3 Å². The number of esters is 1. The molecule has 0 saturated heterocycles. The van der Waals surface area contributed by atoms with Crippen molar-refractivity contribution >= 4 is 11.7 Å². The molecule has 13 heavy (non-hydrogen) atoms. The van der Waals surface area contributed by atoms with Crippen LogP contribution in [-0.4, -0.2) is 18.1 Å². The van der Waals surface area contributed by atoms with Crippen molar-refractivity contribution in [2.24, 2.45) is 10.2 Å². The van der Waals surface area contributed by atoms with Gasteiger partial charge in [0.05, 0.1) is 19.3 Å². The Labute approximate surface area is 74.5 Å². The minimum Gasteiger partial charge on any atom is -0.464 e. The Bertz CT molecular complexity index is 387. The number of methoxy groups -OCH3 is 1. The molecule has 5 nitrogen and oxygen atoms in total. The molecule has 2 rings (SSSR count). The molecular weight excluding hydrogens is 170 g/mol. The lowest BCUT2D eigenvalue weighted by Crippen LogP contribution is -2.07. The van der Waals surface area contributed by atoms with Crippen molar-refractivity contribution in [1.82, 2.24) is 4.98 Å². The van der Waals surface area contributed by atoms with E-state index in [0.717, 1.165) is 5.56 Å². The molecule has 0 aromatic carbocycles. The summed E-state index contributed by atoms with van der Waals surface area (Å²) in [5, 5.41) is 7.66. The molecule has 1 aliphatic heterocycles. The summed E-state index contributed by atoms with van der Waals surface area (Å²) in [4.78, 5) is 15.1. The van der Waals surface area contributed by atoms with Crippen molar-refractivity contribution < 1.29 is 9.53 Å². The molecule has 0 bridgehead atoms. The third-order valence-electron chi connectivity index (χ3n) is 1.82. The Hall–Kier alpha value is -1.78. The minimum absolute atomic E-state index is 0.310. The Morgan fingerprint density at radius 3 is 3.23 bits per heavy atom. The molecule has 1 aromatic rings. The second-order valence-corrected chi connectivity index (χ2v) is 2.55. The van der Waals surface area contributed by atoms with Crippen LogP contribution in [0, 0.1) is 0 Å². The molecule has 0 spiro atoms. The van der Waals surface area contributed by atoms with Crippen LogP contribution < -0.4 is 0 Å². The lowest BCUT2D eigenvalue weighted by Gasteiger charge is -2.01. The van der Waals surface area contributed by atoms with Crippen molar-refractivity contribution in [3.05, 3.63) is 23.5 Å². The summed E-state index contributed by atoms with van der Waals surface area (Å²) in [5.41, 5.74) is 1.76. The minimum atomic E-state index is -0.441. The first kappa shape index (κ1) is 7.85. The van der Waals surface area contributed by atoms with E-state index in [9.17, 15) is 4.79 Å². The summed E-state index contributed by atoms with van der Waals surface area (Å²) >= 11 is 0. The van der Waals surface area contributed by atoms with Crippen molar-refractivity contribution in [3.63, 3.8) is 0 Å². The first-order valence-corrected chi connectivity index (χ1v) is 3.76. The highest BCUT2D eigenvalue weighted by Gasteiger charge is 2.19. The van der Waals surface area contributed by atoms with Gasteiger partial charge in [-0.3, -0.25) is 0 Å². The number of ether oxygens (including phenoxy) is 1.